The molecule has 2 saturated carbocycles. The van der Waals surface area contributed by atoms with Crippen molar-refractivity contribution >= 4 is 12.0 Å². The van der Waals surface area contributed by atoms with Crippen molar-refractivity contribution < 1.29 is 18.9 Å². The van der Waals surface area contributed by atoms with Crippen LogP contribution in [0.5, 0.6) is 0 Å². The molecule has 2 fully saturated rings. The molecule has 22 heavy (non-hydrogen) atoms. The third kappa shape index (κ3) is 4.90. The standard InChI is InChI=1S/C19H27N2.Li/c1-4-10-17(11-5-1)20-16-21(18-12-6-2-7-13-18)19-14-8-3-9-15-19;/h2,6-7,12-13,17,19H,1,3-5,8-11,14-15H2;/q-1;+1. The Morgan fingerprint density at radius 1 is 0.818 bits per heavy atom. The van der Waals surface area contributed by atoms with Crippen LogP contribution in [0.1, 0.15) is 64.2 Å². The molecule has 114 valence electrons. The summed E-state index contributed by atoms with van der Waals surface area (Å²) < 4.78 is 0. The molecule has 1 aromatic carbocycles. The Hall–Kier alpha value is -0.713. The van der Waals surface area contributed by atoms with E-state index < -0.39 is 0 Å². The number of aliphatic imine (C=N–C) groups is 1. The van der Waals surface area contributed by atoms with Crippen molar-refractivity contribution in [1.29, 1.82) is 0 Å². The molecule has 1 aromatic rings. The van der Waals surface area contributed by atoms with E-state index in [0.29, 0.717) is 12.1 Å². The maximum atomic E-state index is 4.81. The predicted octanol–water partition coefficient (Wildman–Crippen LogP) is 2.07. The van der Waals surface area contributed by atoms with Crippen LogP contribution in [0.3, 0.4) is 0 Å². The number of nitrogens with zero attached hydrogens (tertiary/aromatic N) is 2. The average Bonchev–Trinajstić information content (AvgIpc) is 2.58. The van der Waals surface area contributed by atoms with E-state index in [1.54, 1.807) is 0 Å². The van der Waals surface area contributed by atoms with E-state index in [-0.39, 0.29) is 18.9 Å². The van der Waals surface area contributed by atoms with Crippen LogP contribution in [0.4, 0.5) is 5.69 Å². The SMILES string of the molecule is [C-](=NC1CCCCC1)N(c1ccccc1)C1CCCCC1.[Li+]. The molecule has 0 amide bonds. The van der Waals surface area contributed by atoms with E-state index >= 15 is 0 Å². The number of hydrogen-bond acceptors (Lipinski definition) is 1. The van der Waals surface area contributed by atoms with Crippen molar-refractivity contribution in [2.75, 3.05) is 4.90 Å². The Bertz CT molecular complexity index is 434. The van der Waals surface area contributed by atoms with Gasteiger partial charge in [-0.2, -0.15) is 0 Å². The smallest absolute Gasteiger partial charge is 0.493 e. The van der Waals surface area contributed by atoms with Gasteiger partial charge in [-0.15, -0.1) is 17.8 Å². The first-order valence-corrected chi connectivity index (χ1v) is 8.73. The van der Waals surface area contributed by atoms with E-state index in [2.05, 4.69) is 41.6 Å². The minimum absolute atomic E-state index is 0. The number of rotatable bonds is 4. The zero-order valence-electron chi connectivity index (χ0n) is 14.0. The van der Waals surface area contributed by atoms with Crippen LogP contribution in [-0.4, -0.2) is 18.4 Å². The van der Waals surface area contributed by atoms with Gasteiger partial charge in [0.15, 0.2) is 0 Å². The first kappa shape index (κ1) is 17.6. The molecule has 0 aromatic heterocycles. The summed E-state index contributed by atoms with van der Waals surface area (Å²) >= 11 is 0. The van der Waals surface area contributed by atoms with E-state index in [0.717, 1.165) is 0 Å². The van der Waals surface area contributed by atoms with E-state index in [1.807, 2.05) is 0 Å². The summed E-state index contributed by atoms with van der Waals surface area (Å²) in [5.74, 6) is 0. The molecule has 3 rings (SSSR count). The molecule has 0 aliphatic heterocycles. The predicted molar refractivity (Wildman–Crippen MR) is 90.1 cm³/mol. The van der Waals surface area contributed by atoms with E-state index in [1.165, 1.54) is 69.9 Å². The van der Waals surface area contributed by atoms with Crippen LogP contribution in [0.15, 0.2) is 35.3 Å². The molecular weight excluding hydrogens is 263 g/mol. The molecule has 3 heteroatoms. The van der Waals surface area contributed by atoms with Crippen molar-refractivity contribution in [3.8, 4) is 0 Å². The second-order valence-corrected chi connectivity index (χ2v) is 6.52. The zero-order valence-corrected chi connectivity index (χ0v) is 14.0. The van der Waals surface area contributed by atoms with Crippen molar-refractivity contribution in [2.45, 2.75) is 76.3 Å². The van der Waals surface area contributed by atoms with Crippen molar-refractivity contribution in [3.05, 3.63) is 30.3 Å². The van der Waals surface area contributed by atoms with E-state index in [4.69, 9.17) is 4.99 Å². The number of anilines is 1. The molecule has 0 heterocycles. The van der Waals surface area contributed by atoms with E-state index in [9.17, 15) is 0 Å². The molecule has 0 saturated heterocycles. The molecular formula is C19H27LiN2. The topological polar surface area (TPSA) is 15.6 Å². The number of para-hydroxylation sites is 1. The molecule has 0 bridgehead atoms. The van der Waals surface area contributed by atoms with Crippen LogP contribution < -0.4 is 23.8 Å². The first-order chi connectivity index (χ1) is 10.4. The van der Waals surface area contributed by atoms with Gasteiger partial charge in [-0.05, 0) is 25.7 Å². The van der Waals surface area contributed by atoms with Gasteiger partial charge < -0.3 is 9.89 Å². The van der Waals surface area contributed by atoms with Gasteiger partial charge in [-0.1, -0.05) is 63.1 Å². The fourth-order valence-corrected chi connectivity index (χ4v) is 3.63. The fourth-order valence-electron chi connectivity index (χ4n) is 3.63. The molecule has 0 N–H and O–H groups in total. The summed E-state index contributed by atoms with van der Waals surface area (Å²) in [5.41, 5.74) is 1.25. The maximum absolute atomic E-state index is 4.81. The third-order valence-corrected chi connectivity index (χ3v) is 4.90. The van der Waals surface area contributed by atoms with Crippen LogP contribution in [0.25, 0.3) is 0 Å². The second-order valence-electron chi connectivity index (χ2n) is 6.52. The minimum atomic E-state index is 0. The van der Waals surface area contributed by atoms with Gasteiger partial charge in [-0.25, -0.2) is 0 Å². The molecule has 0 unspecified atom stereocenters. The number of hydrogen-bond donors (Lipinski definition) is 0. The van der Waals surface area contributed by atoms with Crippen LogP contribution in [0, 0.1) is 0 Å². The van der Waals surface area contributed by atoms with Crippen molar-refractivity contribution in [3.63, 3.8) is 0 Å². The number of benzene rings is 1. The third-order valence-electron chi connectivity index (χ3n) is 4.90. The molecule has 2 aliphatic carbocycles. The van der Waals surface area contributed by atoms with Crippen molar-refractivity contribution in [1.82, 2.24) is 0 Å². The van der Waals surface area contributed by atoms with Gasteiger partial charge >= 0.3 is 18.9 Å². The Balaban J connectivity index is 0.00000176. The summed E-state index contributed by atoms with van der Waals surface area (Å²) in [6, 6.07) is 11.8. The Morgan fingerprint density at radius 3 is 2.05 bits per heavy atom. The molecule has 0 atom stereocenters. The second kappa shape index (κ2) is 9.43. The van der Waals surface area contributed by atoms with Gasteiger partial charge in [0.25, 0.3) is 0 Å². The summed E-state index contributed by atoms with van der Waals surface area (Å²) in [6.07, 6.45) is 16.6. The average molecular weight is 290 g/mol. The Morgan fingerprint density at radius 2 is 1.41 bits per heavy atom. The minimum Gasteiger partial charge on any atom is -0.493 e. The largest absolute Gasteiger partial charge is 1.00 e. The molecule has 0 radical (unpaired) electrons. The van der Waals surface area contributed by atoms with Crippen LogP contribution in [0.2, 0.25) is 0 Å². The Kier molecular flexibility index (Phi) is 7.56. The normalized spacial score (nSPS) is 20.7. The van der Waals surface area contributed by atoms with Gasteiger partial charge in [0.2, 0.25) is 0 Å². The first-order valence-electron chi connectivity index (χ1n) is 8.73. The van der Waals surface area contributed by atoms with Gasteiger partial charge in [-0.3, -0.25) is 0 Å². The summed E-state index contributed by atoms with van der Waals surface area (Å²) in [5, 5.41) is 0. The summed E-state index contributed by atoms with van der Waals surface area (Å²) in [7, 11) is 0. The monoisotopic (exact) mass is 290 g/mol. The molecule has 0 spiro atoms. The van der Waals surface area contributed by atoms with Gasteiger partial charge in [0.1, 0.15) is 0 Å². The van der Waals surface area contributed by atoms with Gasteiger partial charge in [0.05, 0.1) is 0 Å². The van der Waals surface area contributed by atoms with Crippen molar-refractivity contribution in [2.24, 2.45) is 4.99 Å². The van der Waals surface area contributed by atoms with Crippen LogP contribution >= 0.6 is 0 Å². The molecule has 2 aliphatic rings. The fraction of sp³-hybridized carbons (Fsp3) is 0.632. The quantitative estimate of drug-likeness (QED) is 0.272. The molecule has 2 nitrogen and oxygen atoms in total. The Labute approximate surface area is 147 Å². The summed E-state index contributed by atoms with van der Waals surface area (Å²) in [6.45, 7) is 0. The zero-order chi connectivity index (χ0) is 14.3. The summed E-state index contributed by atoms with van der Waals surface area (Å²) in [4.78, 5) is 7.14. The van der Waals surface area contributed by atoms with Gasteiger partial charge in [0, 0.05) is 12.1 Å². The maximum Gasteiger partial charge on any atom is 1.00 e. The van der Waals surface area contributed by atoms with Crippen LogP contribution in [-0.2, 0) is 0 Å².